The van der Waals surface area contributed by atoms with E-state index in [1.807, 2.05) is 42.9 Å². The van der Waals surface area contributed by atoms with E-state index in [-0.39, 0.29) is 11.8 Å². The van der Waals surface area contributed by atoms with Crippen LogP contribution in [0.25, 0.3) is 21.3 Å². The summed E-state index contributed by atoms with van der Waals surface area (Å²) in [5, 5.41) is 3.74. The zero-order chi connectivity index (χ0) is 20.2. The first-order valence-corrected chi connectivity index (χ1v) is 10.8. The molecule has 0 spiro atoms. The van der Waals surface area contributed by atoms with Gasteiger partial charge in [-0.3, -0.25) is 4.79 Å². The molecule has 0 atom stereocenters. The molecule has 0 unspecified atom stereocenters. The number of nitrogens with zero attached hydrogens (tertiary/aromatic N) is 3. The van der Waals surface area contributed by atoms with Crippen LogP contribution >= 0.6 is 11.3 Å². The minimum absolute atomic E-state index is 0.172. The second-order valence-electron chi connectivity index (χ2n) is 7.50. The van der Waals surface area contributed by atoms with Crippen LogP contribution in [0.15, 0.2) is 42.9 Å². The van der Waals surface area contributed by atoms with Crippen molar-refractivity contribution in [3.8, 4) is 27.0 Å². The molecule has 7 heteroatoms. The van der Waals surface area contributed by atoms with Gasteiger partial charge in [-0.05, 0) is 43.7 Å². The molecule has 0 bridgehead atoms. The van der Waals surface area contributed by atoms with E-state index in [0.29, 0.717) is 5.92 Å². The van der Waals surface area contributed by atoms with Gasteiger partial charge in [0.1, 0.15) is 10.8 Å². The third-order valence-electron chi connectivity index (χ3n) is 5.68. The number of hydrogen-bond acceptors (Lipinski definition) is 5. The van der Waals surface area contributed by atoms with Gasteiger partial charge in [0.05, 0.1) is 12.0 Å². The highest BCUT2D eigenvalue weighted by atomic mass is 32.1. The first-order chi connectivity index (χ1) is 14.2. The second kappa shape index (κ2) is 8.78. The summed E-state index contributed by atoms with van der Waals surface area (Å²) in [4.78, 5) is 22.1. The van der Waals surface area contributed by atoms with Crippen LogP contribution < -0.4 is 10.1 Å². The predicted octanol–water partition coefficient (Wildman–Crippen LogP) is 4.23. The fourth-order valence-electron chi connectivity index (χ4n) is 4.04. The number of ether oxygens (including phenoxy) is 1. The second-order valence-corrected chi connectivity index (χ2v) is 8.53. The van der Waals surface area contributed by atoms with Crippen molar-refractivity contribution in [2.24, 2.45) is 11.8 Å². The lowest BCUT2D eigenvalue weighted by Crippen LogP contribution is -2.31. The lowest BCUT2D eigenvalue weighted by Gasteiger charge is -2.27. The predicted molar refractivity (Wildman–Crippen MR) is 115 cm³/mol. The number of hydrogen-bond donors (Lipinski definition) is 1. The van der Waals surface area contributed by atoms with Gasteiger partial charge >= 0.3 is 0 Å². The number of thiazole rings is 1. The zero-order valence-corrected chi connectivity index (χ0v) is 17.6. The Labute approximate surface area is 175 Å². The molecule has 1 aromatic carbocycles. The highest BCUT2D eigenvalue weighted by molar-refractivity contribution is 7.18. The number of carbonyl (C=O) groups is 1. The molecule has 0 saturated heterocycles. The number of carbonyl (C=O) groups excluding carboxylic acids is 1. The Hall–Kier alpha value is -2.67. The van der Waals surface area contributed by atoms with Crippen LogP contribution in [0.1, 0.15) is 25.7 Å². The summed E-state index contributed by atoms with van der Waals surface area (Å²) in [5.41, 5.74) is 1.05. The fraction of sp³-hybridized carbons (Fsp3) is 0.409. The van der Waals surface area contributed by atoms with Gasteiger partial charge < -0.3 is 14.6 Å². The molecule has 1 aliphatic rings. The number of imidazole rings is 1. The molecule has 2 aromatic heterocycles. The molecular weight excluding hydrogens is 384 g/mol. The summed E-state index contributed by atoms with van der Waals surface area (Å²) in [7, 11) is 3.40. The van der Waals surface area contributed by atoms with Crippen LogP contribution in [0.3, 0.4) is 0 Å². The van der Waals surface area contributed by atoms with E-state index < -0.39 is 0 Å². The van der Waals surface area contributed by atoms with Crippen LogP contribution in [-0.2, 0) is 11.3 Å². The fourth-order valence-corrected chi connectivity index (χ4v) is 4.96. The minimum Gasteiger partial charge on any atom is -0.497 e. The molecule has 4 rings (SSSR count). The van der Waals surface area contributed by atoms with Crippen LogP contribution in [0.2, 0.25) is 0 Å². The highest BCUT2D eigenvalue weighted by Crippen LogP contribution is 2.34. The molecule has 1 N–H and O–H groups in total. The standard InChI is InChI=1S/C22H26N4O2S/c1-23-21(27)16-8-6-15(7-9-16)14-26-11-10-24-20(26)19-13-25-22(29-19)17-4-3-5-18(12-17)28-2/h3-5,10-13,15-16H,6-9,14H2,1-2H3,(H,23,27). The first kappa shape index (κ1) is 19.6. The molecular formula is C22H26N4O2S. The van der Waals surface area contributed by atoms with Crippen LogP contribution in [0.5, 0.6) is 5.75 Å². The number of nitrogens with one attached hydrogen (secondary N) is 1. The van der Waals surface area contributed by atoms with E-state index >= 15 is 0 Å². The van der Waals surface area contributed by atoms with E-state index in [1.54, 1.807) is 25.5 Å². The van der Waals surface area contributed by atoms with E-state index in [9.17, 15) is 4.79 Å². The average Bonchev–Trinajstić information content (AvgIpc) is 3.43. The number of amides is 1. The molecule has 0 aliphatic heterocycles. The van der Waals surface area contributed by atoms with Crippen LogP contribution in [-0.4, -0.2) is 34.6 Å². The molecule has 1 amide bonds. The van der Waals surface area contributed by atoms with Gasteiger partial charge in [0.15, 0.2) is 5.82 Å². The van der Waals surface area contributed by atoms with Crippen molar-refractivity contribution < 1.29 is 9.53 Å². The third kappa shape index (κ3) is 4.34. The summed E-state index contributed by atoms with van der Waals surface area (Å²) in [5.74, 6) is 2.72. The Kier molecular flexibility index (Phi) is 5.94. The Morgan fingerprint density at radius 2 is 2.10 bits per heavy atom. The first-order valence-electron chi connectivity index (χ1n) is 10.0. The van der Waals surface area contributed by atoms with Gasteiger partial charge in [-0.2, -0.15) is 0 Å². The van der Waals surface area contributed by atoms with Gasteiger partial charge in [0, 0.05) is 43.7 Å². The van der Waals surface area contributed by atoms with E-state index in [4.69, 9.17) is 4.74 Å². The summed E-state index contributed by atoms with van der Waals surface area (Å²) in [6, 6.07) is 7.96. The van der Waals surface area contributed by atoms with E-state index in [0.717, 1.165) is 59.3 Å². The lowest BCUT2D eigenvalue weighted by molar-refractivity contribution is -0.125. The smallest absolute Gasteiger partial charge is 0.222 e. The van der Waals surface area contributed by atoms with E-state index in [2.05, 4.69) is 19.9 Å². The molecule has 3 aromatic rings. The number of methoxy groups -OCH3 is 1. The van der Waals surface area contributed by atoms with Gasteiger partial charge in [0.2, 0.25) is 5.91 Å². The topological polar surface area (TPSA) is 69.0 Å². The zero-order valence-electron chi connectivity index (χ0n) is 16.8. The molecule has 1 saturated carbocycles. The van der Waals surface area contributed by atoms with Crippen molar-refractivity contribution in [1.82, 2.24) is 19.9 Å². The van der Waals surface area contributed by atoms with Crippen molar-refractivity contribution in [3.05, 3.63) is 42.9 Å². The molecule has 2 heterocycles. The van der Waals surface area contributed by atoms with Crippen molar-refractivity contribution in [3.63, 3.8) is 0 Å². The summed E-state index contributed by atoms with van der Waals surface area (Å²) in [6.45, 7) is 0.933. The molecule has 0 radical (unpaired) electrons. The molecule has 29 heavy (non-hydrogen) atoms. The van der Waals surface area contributed by atoms with Crippen molar-refractivity contribution in [1.29, 1.82) is 0 Å². The van der Waals surface area contributed by atoms with Crippen molar-refractivity contribution >= 4 is 17.2 Å². The maximum absolute atomic E-state index is 11.8. The quantitative estimate of drug-likeness (QED) is 0.660. The van der Waals surface area contributed by atoms with Gasteiger partial charge in [-0.1, -0.05) is 12.1 Å². The van der Waals surface area contributed by atoms with Gasteiger partial charge in [0.25, 0.3) is 0 Å². The van der Waals surface area contributed by atoms with Gasteiger partial charge in [-0.15, -0.1) is 11.3 Å². The monoisotopic (exact) mass is 410 g/mol. The maximum atomic E-state index is 11.8. The third-order valence-corrected chi connectivity index (χ3v) is 6.72. The summed E-state index contributed by atoms with van der Waals surface area (Å²) >= 11 is 1.64. The van der Waals surface area contributed by atoms with Gasteiger partial charge in [-0.25, -0.2) is 9.97 Å². The van der Waals surface area contributed by atoms with Crippen molar-refractivity contribution in [2.45, 2.75) is 32.2 Å². The molecule has 6 nitrogen and oxygen atoms in total. The normalized spacial score (nSPS) is 19.1. The number of aromatic nitrogens is 3. The van der Waals surface area contributed by atoms with Crippen LogP contribution in [0.4, 0.5) is 0 Å². The Morgan fingerprint density at radius 1 is 1.28 bits per heavy atom. The number of benzene rings is 1. The Morgan fingerprint density at radius 3 is 2.86 bits per heavy atom. The van der Waals surface area contributed by atoms with E-state index in [1.165, 1.54) is 0 Å². The Bertz CT molecular complexity index is 973. The maximum Gasteiger partial charge on any atom is 0.222 e. The minimum atomic E-state index is 0.172. The number of rotatable bonds is 6. The largest absolute Gasteiger partial charge is 0.497 e. The summed E-state index contributed by atoms with van der Waals surface area (Å²) in [6.07, 6.45) is 9.90. The Balaban J connectivity index is 1.46. The molecule has 1 aliphatic carbocycles. The highest BCUT2D eigenvalue weighted by Gasteiger charge is 2.26. The molecule has 152 valence electrons. The average molecular weight is 411 g/mol. The van der Waals surface area contributed by atoms with Crippen molar-refractivity contribution in [2.75, 3.05) is 14.2 Å². The summed E-state index contributed by atoms with van der Waals surface area (Å²) < 4.78 is 7.55. The van der Waals surface area contributed by atoms with Crippen LogP contribution in [0, 0.1) is 11.8 Å². The molecule has 1 fully saturated rings. The lowest BCUT2D eigenvalue weighted by atomic mass is 9.81. The SMILES string of the molecule is CNC(=O)C1CCC(Cn2ccnc2-c2cnc(-c3cccc(OC)c3)s2)CC1.